The van der Waals surface area contributed by atoms with E-state index in [0.717, 1.165) is 17.7 Å². The smallest absolute Gasteiger partial charge is 0.347 e. The van der Waals surface area contributed by atoms with E-state index in [2.05, 4.69) is 0 Å². The van der Waals surface area contributed by atoms with Crippen LogP contribution in [0.5, 0.6) is 5.75 Å². The van der Waals surface area contributed by atoms with Gasteiger partial charge in [0.25, 0.3) is 0 Å². The standard InChI is InChI=1S/C21H20O5/c1-3-25-19(22)18-16-9-4-13-10-11-21(16,26-20(18)23)17(12-13)14-5-7-15(24-2)8-6-14/h4-11,13,17H,3,12H2,1-2H3/t13-,17-,21+/m0/s1. The Kier molecular flexibility index (Phi) is 3.94. The Morgan fingerprint density at radius 3 is 2.73 bits per heavy atom. The molecule has 3 aliphatic carbocycles. The summed E-state index contributed by atoms with van der Waals surface area (Å²) in [6, 6.07) is 7.77. The molecule has 5 nitrogen and oxygen atoms in total. The molecule has 2 bridgehead atoms. The van der Waals surface area contributed by atoms with Crippen LogP contribution in [0.1, 0.15) is 24.8 Å². The maximum atomic E-state index is 12.6. The summed E-state index contributed by atoms with van der Waals surface area (Å²) in [7, 11) is 1.62. The summed E-state index contributed by atoms with van der Waals surface area (Å²) in [5.74, 6) is -0.324. The van der Waals surface area contributed by atoms with E-state index in [1.807, 2.05) is 48.6 Å². The van der Waals surface area contributed by atoms with Gasteiger partial charge in [0.1, 0.15) is 5.75 Å². The Balaban J connectivity index is 1.84. The van der Waals surface area contributed by atoms with Gasteiger partial charge in [0, 0.05) is 11.5 Å². The molecule has 3 atom stereocenters. The molecule has 5 heteroatoms. The Hall–Kier alpha value is -2.82. The fraction of sp³-hybridized carbons (Fsp3) is 0.333. The zero-order valence-electron chi connectivity index (χ0n) is 14.7. The van der Waals surface area contributed by atoms with Gasteiger partial charge in [-0.25, -0.2) is 9.59 Å². The van der Waals surface area contributed by atoms with Gasteiger partial charge in [0.2, 0.25) is 0 Å². The topological polar surface area (TPSA) is 61.8 Å². The molecule has 0 unspecified atom stereocenters. The summed E-state index contributed by atoms with van der Waals surface area (Å²) in [6.45, 7) is 1.92. The number of hydrogen-bond donors (Lipinski definition) is 0. The zero-order chi connectivity index (χ0) is 18.3. The van der Waals surface area contributed by atoms with Crippen LogP contribution in [-0.4, -0.2) is 31.3 Å². The minimum Gasteiger partial charge on any atom is -0.497 e. The predicted molar refractivity (Wildman–Crippen MR) is 94.6 cm³/mol. The van der Waals surface area contributed by atoms with Gasteiger partial charge in [0.05, 0.1) is 13.7 Å². The van der Waals surface area contributed by atoms with Crippen LogP contribution in [0.25, 0.3) is 0 Å². The lowest BCUT2D eigenvalue weighted by Gasteiger charge is -2.38. The summed E-state index contributed by atoms with van der Waals surface area (Å²) in [5.41, 5.74) is 0.683. The van der Waals surface area contributed by atoms with Crippen LogP contribution in [0, 0.1) is 5.92 Å². The number of benzene rings is 1. The van der Waals surface area contributed by atoms with Gasteiger partial charge in [-0.1, -0.05) is 30.4 Å². The minimum atomic E-state index is -0.961. The molecule has 0 radical (unpaired) electrons. The van der Waals surface area contributed by atoms with Crippen LogP contribution in [0.2, 0.25) is 0 Å². The Labute approximate surface area is 151 Å². The van der Waals surface area contributed by atoms with Gasteiger partial charge in [-0.15, -0.1) is 0 Å². The number of carbonyl (C=O) groups excluding carboxylic acids is 2. The summed E-state index contributed by atoms with van der Waals surface area (Å²) in [6.07, 6.45) is 8.65. The Morgan fingerprint density at radius 1 is 1.27 bits per heavy atom. The van der Waals surface area contributed by atoms with Crippen molar-refractivity contribution in [2.24, 2.45) is 5.92 Å². The molecule has 1 aliphatic heterocycles. The van der Waals surface area contributed by atoms with Crippen LogP contribution in [0.4, 0.5) is 0 Å². The molecule has 0 amide bonds. The number of fused-ring (bicyclic) bond motifs is 1. The number of methoxy groups -OCH3 is 1. The fourth-order valence-electron chi connectivity index (χ4n) is 4.05. The van der Waals surface area contributed by atoms with E-state index in [0.29, 0.717) is 5.57 Å². The van der Waals surface area contributed by atoms with Crippen molar-refractivity contribution in [2.75, 3.05) is 13.7 Å². The average Bonchev–Trinajstić information content (AvgIpc) is 2.76. The molecule has 4 aliphatic rings. The quantitative estimate of drug-likeness (QED) is 0.473. The minimum absolute atomic E-state index is 0.00816. The third-order valence-electron chi connectivity index (χ3n) is 5.28. The van der Waals surface area contributed by atoms with E-state index < -0.39 is 17.5 Å². The van der Waals surface area contributed by atoms with E-state index in [1.54, 1.807) is 14.0 Å². The Morgan fingerprint density at radius 2 is 2.04 bits per heavy atom. The first-order valence-corrected chi connectivity index (χ1v) is 8.75. The molecule has 0 fully saturated rings. The largest absolute Gasteiger partial charge is 0.497 e. The highest BCUT2D eigenvalue weighted by atomic mass is 16.6. The molecule has 26 heavy (non-hydrogen) atoms. The van der Waals surface area contributed by atoms with Gasteiger partial charge in [0.15, 0.2) is 11.2 Å². The predicted octanol–water partition coefficient (Wildman–Crippen LogP) is 3.08. The fourth-order valence-corrected chi connectivity index (χ4v) is 4.05. The van der Waals surface area contributed by atoms with Crippen molar-refractivity contribution in [3.63, 3.8) is 0 Å². The van der Waals surface area contributed by atoms with E-state index in [9.17, 15) is 9.59 Å². The second-order valence-electron chi connectivity index (χ2n) is 6.64. The maximum Gasteiger partial charge on any atom is 0.347 e. The van der Waals surface area contributed by atoms with Crippen molar-refractivity contribution >= 4 is 11.9 Å². The first-order valence-electron chi connectivity index (χ1n) is 8.75. The molecule has 1 aromatic carbocycles. The SMILES string of the molecule is CCOC(=O)C1=C2C=C[C@H]3C=C[C@]2(OC1=O)[C@H](c1ccc(OC)cc1)C3. The normalized spacial score (nSPS) is 28.6. The highest BCUT2D eigenvalue weighted by molar-refractivity contribution is 6.17. The number of ether oxygens (including phenoxy) is 3. The molecular weight excluding hydrogens is 332 g/mol. The van der Waals surface area contributed by atoms with Crippen molar-refractivity contribution in [3.8, 4) is 5.75 Å². The molecular formula is C21H20O5. The molecule has 5 rings (SSSR count). The zero-order valence-corrected chi connectivity index (χ0v) is 14.7. The first kappa shape index (κ1) is 16.6. The second-order valence-corrected chi connectivity index (χ2v) is 6.64. The highest BCUT2D eigenvalue weighted by Crippen LogP contribution is 2.53. The van der Waals surface area contributed by atoms with Crippen LogP contribution < -0.4 is 4.74 Å². The monoisotopic (exact) mass is 352 g/mol. The summed E-state index contributed by atoms with van der Waals surface area (Å²) >= 11 is 0. The van der Waals surface area contributed by atoms with Gasteiger partial charge in [-0.2, -0.15) is 0 Å². The molecule has 0 aromatic heterocycles. The van der Waals surface area contributed by atoms with Crippen LogP contribution in [0.15, 0.2) is 59.7 Å². The molecule has 1 heterocycles. The lowest BCUT2D eigenvalue weighted by Crippen LogP contribution is -2.39. The molecule has 1 aromatic rings. The molecule has 0 saturated heterocycles. The summed E-state index contributed by atoms with van der Waals surface area (Å²) in [5, 5.41) is 0. The van der Waals surface area contributed by atoms with Crippen molar-refractivity contribution in [1.82, 2.24) is 0 Å². The summed E-state index contributed by atoms with van der Waals surface area (Å²) < 4.78 is 16.2. The van der Waals surface area contributed by atoms with Gasteiger partial charge in [-0.05, 0) is 43.0 Å². The van der Waals surface area contributed by atoms with Gasteiger partial charge < -0.3 is 14.2 Å². The van der Waals surface area contributed by atoms with Crippen molar-refractivity contribution in [3.05, 3.63) is 65.3 Å². The van der Waals surface area contributed by atoms with E-state index >= 15 is 0 Å². The third kappa shape index (κ3) is 2.38. The Bertz CT molecular complexity index is 846. The number of esters is 2. The van der Waals surface area contributed by atoms with Crippen LogP contribution >= 0.6 is 0 Å². The van der Waals surface area contributed by atoms with Crippen molar-refractivity contribution < 1.29 is 23.8 Å². The highest BCUT2D eigenvalue weighted by Gasteiger charge is 2.55. The summed E-state index contributed by atoms with van der Waals surface area (Å²) in [4.78, 5) is 24.9. The van der Waals surface area contributed by atoms with Crippen molar-refractivity contribution in [2.45, 2.75) is 24.9 Å². The van der Waals surface area contributed by atoms with Gasteiger partial charge in [-0.3, -0.25) is 0 Å². The lowest BCUT2D eigenvalue weighted by molar-refractivity contribution is -0.149. The van der Waals surface area contributed by atoms with Crippen LogP contribution in [-0.2, 0) is 19.1 Å². The van der Waals surface area contributed by atoms with Crippen LogP contribution in [0.3, 0.4) is 0 Å². The second kappa shape index (κ2) is 6.16. The number of hydrogen-bond acceptors (Lipinski definition) is 5. The average molecular weight is 352 g/mol. The van der Waals surface area contributed by atoms with E-state index in [4.69, 9.17) is 14.2 Å². The lowest BCUT2D eigenvalue weighted by atomic mass is 9.71. The number of rotatable bonds is 4. The first-order chi connectivity index (χ1) is 12.6. The number of carbonyl (C=O) groups is 2. The van der Waals surface area contributed by atoms with E-state index in [1.165, 1.54) is 0 Å². The molecule has 0 N–H and O–H groups in total. The van der Waals surface area contributed by atoms with Crippen molar-refractivity contribution in [1.29, 1.82) is 0 Å². The van der Waals surface area contributed by atoms with E-state index in [-0.39, 0.29) is 24.0 Å². The maximum absolute atomic E-state index is 12.6. The third-order valence-corrected chi connectivity index (χ3v) is 5.28. The number of allylic oxidation sites excluding steroid dienone is 2. The molecule has 134 valence electrons. The molecule has 1 spiro atoms. The van der Waals surface area contributed by atoms with Gasteiger partial charge >= 0.3 is 11.9 Å². The molecule has 0 saturated carbocycles.